The van der Waals surface area contributed by atoms with E-state index in [4.69, 9.17) is 5.73 Å². The van der Waals surface area contributed by atoms with E-state index in [-0.39, 0.29) is 0 Å². The fourth-order valence-electron chi connectivity index (χ4n) is 2.84. The Bertz CT molecular complexity index is 488. The summed E-state index contributed by atoms with van der Waals surface area (Å²) in [5, 5.41) is 0. The fourth-order valence-corrected chi connectivity index (χ4v) is 2.84. The van der Waals surface area contributed by atoms with Gasteiger partial charge in [-0.25, -0.2) is 0 Å². The standard InChI is InChI=1S/C20H30N4/c21-13-7-3-1-2-4-10-16-24(17-19-11-5-8-14-22-19)18-20-12-6-9-15-23-20/h5-6,8-9,11-12,14-15H,1-4,7,10,13,16-18,21H2. The van der Waals surface area contributed by atoms with Crippen molar-refractivity contribution in [3.63, 3.8) is 0 Å². The quantitative estimate of drug-likeness (QED) is 0.603. The Kier molecular flexibility index (Phi) is 9.05. The van der Waals surface area contributed by atoms with Crippen LogP contribution in [0.4, 0.5) is 0 Å². The minimum atomic E-state index is 0.821. The maximum atomic E-state index is 5.54. The van der Waals surface area contributed by atoms with E-state index < -0.39 is 0 Å². The van der Waals surface area contributed by atoms with Gasteiger partial charge in [-0.1, -0.05) is 37.8 Å². The Balaban J connectivity index is 1.79. The number of pyridine rings is 2. The highest BCUT2D eigenvalue weighted by atomic mass is 15.1. The molecular weight excluding hydrogens is 296 g/mol. The minimum Gasteiger partial charge on any atom is -0.330 e. The highest BCUT2D eigenvalue weighted by molar-refractivity contribution is 5.06. The zero-order chi connectivity index (χ0) is 16.9. The summed E-state index contributed by atoms with van der Waals surface area (Å²) < 4.78 is 0. The fraction of sp³-hybridized carbons (Fsp3) is 0.500. The monoisotopic (exact) mass is 326 g/mol. The first-order chi connectivity index (χ1) is 11.9. The van der Waals surface area contributed by atoms with Gasteiger partial charge in [-0.05, 0) is 50.2 Å². The predicted molar refractivity (Wildman–Crippen MR) is 99.3 cm³/mol. The van der Waals surface area contributed by atoms with Gasteiger partial charge in [-0.15, -0.1) is 0 Å². The molecule has 2 rings (SSSR count). The van der Waals surface area contributed by atoms with E-state index in [1.807, 2.05) is 24.5 Å². The predicted octanol–water partition coefficient (Wildman–Crippen LogP) is 3.78. The molecule has 0 unspecified atom stereocenters. The highest BCUT2D eigenvalue weighted by Crippen LogP contribution is 2.10. The molecule has 0 aliphatic heterocycles. The summed E-state index contributed by atoms with van der Waals surface area (Å²) in [4.78, 5) is 11.4. The molecule has 0 aromatic carbocycles. The molecule has 0 aliphatic carbocycles. The molecule has 0 saturated heterocycles. The van der Waals surface area contributed by atoms with E-state index in [2.05, 4.69) is 39.1 Å². The van der Waals surface area contributed by atoms with Crippen molar-refractivity contribution in [2.75, 3.05) is 13.1 Å². The van der Waals surface area contributed by atoms with Crippen LogP contribution in [0.25, 0.3) is 0 Å². The first-order valence-electron chi connectivity index (χ1n) is 9.11. The van der Waals surface area contributed by atoms with Crippen molar-refractivity contribution in [2.45, 2.75) is 51.6 Å². The molecule has 0 amide bonds. The zero-order valence-electron chi connectivity index (χ0n) is 14.6. The second kappa shape index (κ2) is 11.7. The summed E-state index contributed by atoms with van der Waals surface area (Å²) in [6.07, 6.45) is 11.3. The van der Waals surface area contributed by atoms with Crippen LogP contribution in [-0.2, 0) is 13.1 Å². The lowest BCUT2D eigenvalue weighted by Gasteiger charge is -2.21. The Hall–Kier alpha value is -1.78. The van der Waals surface area contributed by atoms with Gasteiger partial charge in [0.2, 0.25) is 0 Å². The van der Waals surface area contributed by atoms with Gasteiger partial charge in [0.05, 0.1) is 11.4 Å². The Morgan fingerprint density at radius 1 is 0.708 bits per heavy atom. The number of hydrogen-bond donors (Lipinski definition) is 1. The third kappa shape index (κ3) is 7.66. The summed E-state index contributed by atoms with van der Waals surface area (Å²) in [5.41, 5.74) is 7.78. The van der Waals surface area contributed by atoms with Gasteiger partial charge in [0, 0.05) is 25.5 Å². The van der Waals surface area contributed by atoms with Crippen LogP contribution in [-0.4, -0.2) is 28.0 Å². The average molecular weight is 326 g/mol. The highest BCUT2D eigenvalue weighted by Gasteiger charge is 2.08. The molecule has 0 spiro atoms. The van der Waals surface area contributed by atoms with Gasteiger partial charge in [0.25, 0.3) is 0 Å². The van der Waals surface area contributed by atoms with Crippen LogP contribution in [0, 0.1) is 0 Å². The number of nitrogens with zero attached hydrogens (tertiary/aromatic N) is 3. The van der Waals surface area contributed by atoms with Crippen molar-refractivity contribution in [1.29, 1.82) is 0 Å². The molecule has 4 nitrogen and oxygen atoms in total. The van der Waals surface area contributed by atoms with Gasteiger partial charge in [0.1, 0.15) is 0 Å². The van der Waals surface area contributed by atoms with E-state index in [0.717, 1.165) is 44.0 Å². The van der Waals surface area contributed by atoms with Crippen LogP contribution in [0.15, 0.2) is 48.8 Å². The van der Waals surface area contributed by atoms with Crippen molar-refractivity contribution in [3.8, 4) is 0 Å². The summed E-state index contributed by atoms with van der Waals surface area (Å²) >= 11 is 0. The number of nitrogens with two attached hydrogens (primary N) is 1. The molecule has 0 radical (unpaired) electrons. The van der Waals surface area contributed by atoms with E-state index in [9.17, 15) is 0 Å². The van der Waals surface area contributed by atoms with Crippen LogP contribution < -0.4 is 5.73 Å². The molecule has 0 aliphatic rings. The molecule has 130 valence electrons. The van der Waals surface area contributed by atoms with Gasteiger partial charge < -0.3 is 5.73 Å². The number of aromatic nitrogens is 2. The molecule has 0 atom stereocenters. The van der Waals surface area contributed by atoms with Crippen molar-refractivity contribution in [3.05, 3.63) is 60.2 Å². The van der Waals surface area contributed by atoms with Crippen molar-refractivity contribution >= 4 is 0 Å². The molecule has 0 fully saturated rings. The normalized spacial score (nSPS) is 11.1. The second-order valence-electron chi connectivity index (χ2n) is 6.26. The van der Waals surface area contributed by atoms with Crippen LogP contribution in [0.2, 0.25) is 0 Å². The number of hydrogen-bond acceptors (Lipinski definition) is 4. The largest absolute Gasteiger partial charge is 0.330 e. The van der Waals surface area contributed by atoms with Gasteiger partial charge in [-0.3, -0.25) is 14.9 Å². The lowest BCUT2D eigenvalue weighted by molar-refractivity contribution is 0.244. The van der Waals surface area contributed by atoms with Gasteiger partial charge in [0.15, 0.2) is 0 Å². The van der Waals surface area contributed by atoms with E-state index >= 15 is 0 Å². The third-order valence-electron chi connectivity index (χ3n) is 4.15. The maximum Gasteiger partial charge on any atom is 0.0544 e. The Morgan fingerprint density at radius 2 is 1.25 bits per heavy atom. The van der Waals surface area contributed by atoms with Crippen LogP contribution in [0.5, 0.6) is 0 Å². The van der Waals surface area contributed by atoms with Gasteiger partial charge in [-0.2, -0.15) is 0 Å². The molecule has 0 saturated carbocycles. The molecule has 0 bridgehead atoms. The lowest BCUT2D eigenvalue weighted by atomic mass is 10.1. The first kappa shape index (κ1) is 18.6. The minimum absolute atomic E-state index is 0.821. The Labute approximate surface area is 146 Å². The third-order valence-corrected chi connectivity index (χ3v) is 4.15. The average Bonchev–Trinajstić information content (AvgIpc) is 2.62. The summed E-state index contributed by atoms with van der Waals surface area (Å²) in [6.45, 7) is 3.67. The van der Waals surface area contributed by atoms with Crippen LogP contribution in [0.3, 0.4) is 0 Å². The summed E-state index contributed by atoms with van der Waals surface area (Å²) in [7, 11) is 0. The Morgan fingerprint density at radius 3 is 1.75 bits per heavy atom. The SMILES string of the molecule is NCCCCCCCCN(Cc1ccccn1)Cc1ccccn1. The molecule has 2 aromatic rings. The molecule has 4 heteroatoms. The molecule has 2 heterocycles. The number of rotatable bonds is 12. The number of unbranched alkanes of at least 4 members (excludes halogenated alkanes) is 5. The van der Waals surface area contributed by atoms with E-state index in [1.165, 1.54) is 32.1 Å². The van der Waals surface area contributed by atoms with E-state index in [0.29, 0.717) is 0 Å². The summed E-state index contributed by atoms with van der Waals surface area (Å²) in [6, 6.07) is 12.2. The molecule has 2 N–H and O–H groups in total. The molecule has 24 heavy (non-hydrogen) atoms. The van der Waals surface area contributed by atoms with E-state index in [1.54, 1.807) is 0 Å². The lowest BCUT2D eigenvalue weighted by Crippen LogP contribution is -2.25. The van der Waals surface area contributed by atoms with Crippen LogP contribution >= 0.6 is 0 Å². The molecule has 2 aromatic heterocycles. The molecular formula is C20H30N4. The second-order valence-corrected chi connectivity index (χ2v) is 6.26. The van der Waals surface area contributed by atoms with Crippen molar-refractivity contribution < 1.29 is 0 Å². The van der Waals surface area contributed by atoms with Crippen molar-refractivity contribution in [1.82, 2.24) is 14.9 Å². The van der Waals surface area contributed by atoms with Crippen LogP contribution in [0.1, 0.15) is 49.9 Å². The smallest absolute Gasteiger partial charge is 0.0544 e. The first-order valence-corrected chi connectivity index (χ1v) is 9.11. The van der Waals surface area contributed by atoms with Crippen molar-refractivity contribution in [2.24, 2.45) is 5.73 Å². The zero-order valence-corrected chi connectivity index (χ0v) is 14.6. The topological polar surface area (TPSA) is 55.0 Å². The van der Waals surface area contributed by atoms with Gasteiger partial charge >= 0.3 is 0 Å². The maximum absolute atomic E-state index is 5.54. The summed E-state index contributed by atoms with van der Waals surface area (Å²) in [5.74, 6) is 0.